The van der Waals surface area contributed by atoms with Crippen LogP contribution in [0.5, 0.6) is 0 Å². The summed E-state index contributed by atoms with van der Waals surface area (Å²) in [5.41, 5.74) is 3.72. The van der Waals surface area contributed by atoms with E-state index in [4.69, 9.17) is 5.84 Å². The molecule has 5 nitrogen and oxygen atoms in total. The van der Waals surface area contributed by atoms with Gasteiger partial charge in [0.25, 0.3) is 0 Å². The van der Waals surface area contributed by atoms with Crippen LogP contribution in [-0.2, 0) is 0 Å². The van der Waals surface area contributed by atoms with Crippen molar-refractivity contribution in [3.63, 3.8) is 0 Å². The molecule has 0 aliphatic heterocycles. The summed E-state index contributed by atoms with van der Waals surface area (Å²) < 4.78 is 0.864. The van der Waals surface area contributed by atoms with Crippen molar-refractivity contribution in [1.82, 2.24) is 15.0 Å². The summed E-state index contributed by atoms with van der Waals surface area (Å²) in [6, 6.07) is 1.83. The van der Waals surface area contributed by atoms with E-state index in [1.807, 2.05) is 6.07 Å². The van der Waals surface area contributed by atoms with Crippen LogP contribution in [0.1, 0.15) is 0 Å². The maximum absolute atomic E-state index is 5.19. The van der Waals surface area contributed by atoms with Crippen molar-refractivity contribution < 1.29 is 0 Å². The minimum absolute atomic E-state index is 0.521. The standard InChI is InChI=1S/C7H6BrN5/c8-4-1-5-7(10-2-4)11-3-6(12-5)13-9/h1-3H,9H2,(H,12,13). The zero-order valence-electron chi connectivity index (χ0n) is 6.53. The van der Waals surface area contributed by atoms with E-state index in [0.29, 0.717) is 17.0 Å². The van der Waals surface area contributed by atoms with E-state index < -0.39 is 0 Å². The predicted octanol–water partition coefficient (Wildman–Crippen LogP) is 1.07. The van der Waals surface area contributed by atoms with Gasteiger partial charge in [-0.05, 0) is 22.0 Å². The van der Waals surface area contributed by atoms with Gasteiger partial charge in [0.1, 0.15) is 5.52 Å². The zero-order chi connectivity index (χ0) is 9.26. The average molecular weight is 240 g/mol. The number of halogens is 1. The van der Waals surface area contributed by atoms with E-state index >= 15 is 0 Å². The summed E-state index contributed by atoms with van der Waals surface area (Å²) in [4.78, 5) is 12.3. The highest BCUT2D eigenvalue weighted by Crippen LogP contribution is 2.14. The van der Waals surface area contributed by atoms with Crippen molar-refractivity contribution in [2.24, 2.45) is 5.84 Å². The highest BCUT2D eigenvalue weighted by molar-refractivity contribution is 9.10. The molecule has 2 aromatic rings. The molecule has 2 rings (SSSR count). The molecule has 2 aromatic heterocycles. The first kappa shape index (κ1) is 8.33. The number of anilines is 1. The molecular weight excluding hydrogens is 234 g/mol. The van der Waals surface area contributed by atoms with Gasteiger partial charge in [0.2, 0.25) is 0 Å². The number of pyridine rings is 1. The van der Waals surface area contributed by atoms with Gasteiger partial charge in [-0.2, -0.15) is 0 Å². The van der Waals surface area contributed by atoms with Crippen molar-refractivity contribution in [2.45, 2.75) is 0 Å². The summed E-state index contributed by atoms with van der Waals surface area (Å²) in [7, 11) is 0. The second-order valence-electron chi connectivity index (χ2n) is 2.40. The fraction of sp³-hybridized carbons (Fsp3) is 0. The van der Waals surface area contributed by atoms with Gasteiger partial charge in [0, 0.05) is 10.7 Å². The molecule has 0 unspecified atom stereocenters. The van der Waals surface area contributed by atoms with Crippen LogP contribution in [0.25, 0.3) is 11.2 Å². The Balaban J connectivity index is 2.68. The number of aromatic nitrogens is 3. The third-order valence-corrected chi connectivity index (χ3v) is 1.95. The van der Waals surface area contributed by atoms with Crippen molar-refractivity contribution >= 4 is 32.9 Å². The molecular formula is C7H6BrN5. The Morgan fingerprint density at radius 1 is 1.31 bits per heavy atom. The molecule has 0 saturated heterocycles. The second kappa shape index (κ2) is 3.23. The molecule has 0 aliphatic rings. The van der Waals surface area contributed by atoms with Crippen LogP contribution < -0.4 is 11.3 Å². The molecule has 6 heteroatoms. The lowest BCUT2D eigenvalue weighted by molar-refractivity contribution is 1.18. The molecule has 0 amide bonds. The number of hydrogen-bond donors (Lipinski definition) is 2. The van der Waals surface area contributed by atoms with Crippen molar-refractivity contribution in [3.8, 4) is 0 Å². The monoisotopic (exact) mass is 239 g/mol. The molecule has 0 aromatic carbocycles. The molecule has 3 N–H and O–H groups in total. The van der Waals surface area contributed by atoms with Crippen molar-refractivity contribution in [1.29, 1.82) is 0 Å². The summed E-state index contributed by atoms with van der Waals surface area (Å²) >= 11 is 3.30. The number of nitrogens with one attached hydrogen (secondary N) is 1. The normalized spacial score (nSPS) is 10.3. The largest absolute Gasteiger partial charge is 0.307 e. The summed E-state index contributed by atoms with van der Waals surface area (Å²) in [5, 5.41) is 0. The van der Waals surface area contributed by atoms with Crippen molar-refractivity contribution in [2.75, 3.05) is 5.43 Å². The van der Waals surface area contributed by atoms with E-state index in [2.05, 4.69) is 36.3 Å². The fourth-order valence-corrected chi connectivity index (χ4v) is 1.27. The predicted molar refractivity (Wildman–Crippen MR) is 52.8 cm³/mol. The Hall–Kier alpha value is -1.27. The quantitative estimate of drug-likeness (QED) is 0.576. The summed E-state index contributed by atoms with van der Waals surface area (Å²) in [6.45, 7) is 0. The number of hydrazine groups is 1. The lowest BCUT2D eigenvalue weighted by atomic mass is 10.4. The minimum atomic E-state index is 0.521. The zero-order valence-corrected chi connectivity index (χ0v) is 8.12. The van der Waals surface area contributed by atoms with E-state index in [1.165, 1.54) is 6.20 Å². The topological polar surface area (TPSA) is 76.7 Å². The second-order valence-corrected chi connectivity index (χ2v) is 3.31. The lowest BCUT2D eigenvalue weighted by Gasteiger charge is -1.99. The first-order chi connectivity index (χ1) is 6.29. The third-order valence-electron chi connectivity index (χ3n) is 1.51. The summed E-state index contributed by atoms with van der Waals surface area (Å²) in [5.74, 6) is 5.72. The highest BCUT2D eigenvalue weighted by Gasteiger charge is 1.99. The number of hydrogen-bond acceptors (Lipinski definition) is 5. The number of nitrogens with zero attached hydrogens (tertiary/aromatic N) is 3. The van der Waals surface area contributed by atoms with Gasteiger partial charge in [-0.1, -0.05) is 0 Å². The first-order valence-corrected chi connectivity index (χ1v) is 4.34. The van der Waals surface area contributed by atoms with Gasteiger partial charge < -0.3 is 5.43 Å². The molecule has 0 aliphatic carbocycles. The Labute approximate surface area is 82.5 Å². The molecule has 0 radical (unpaired) electrons. The third kappa shape index (κ3) is 1.58. The molecule has 0 bridgehead atoms. The van der Waals surface area contributed by atoms with E-state index in [0.717, 1.165) is 4.47 Å². The van der Waals surface area contributed by atoms with Crippen LogP contribution in [0.15, 0.2) is 22.9 Å². The number of rotatable bonds is 1. The average Bonchev–Trinajstić information content (AvgIpc) is 2.16. The van der Waals surface area contributed by atoms with Crippen LogP contribution in [0.3, 0.4) is 0 Å². The Kier molecular flexibility index (Phi) is 2.07. The molecule has 0 atom stereocenters. The van der Waals surface area contributed by atoms with Gasteiger partial charge >= 0.3 is 0 Å². The van der Waals surface area contributed by atoms with Crippen molar-refractivity contribution in [3.05, 3.63) is 22.9 Å². The van der Waals surface area contributed by atoms with Crippen LogP contribution in [0.4, 0.5) is 5.82 Å². The number of nitrogens with two attached hydrogens (primary N) is 1. The number of nitrogen functional groups attached to an aromatic ring is 1. The maximum atomic E-state index is 5.19. The van der Waals surface area contributed by atoms with Gasteiger partial charge in [0.05, 0.1) is 6.20 Å². The smallest absolute Gasteiger partial charge is 0.178 e. The van der Waals surface area contributed by atoms with Gasteiger partial charge in [-0.25, -0.2) is 20.8 Å². The molecule has 66 valence electrons. The minimum Gasteiger partial charge on any atom is -0.307 e. The van der Waals surface area contributed by atoms with E-state index in [9.17, 15) is 0 Å². The van der Waals surface area contributed by atoms with Gasteiger partial charge in [-0.15, -0.1) is 0 Å². The molecule has 0 spiro atoms. The van der Waals surface area contributed by atoms with Crippen LogP contribution in [-0.4, -0.2) is 15.0 Å². The fourth-order valence-electron chi connectivity index (χ4n) is 0.954. The SMILES string of the molecule is NNc1cnc2ncc(Br)cc2n1. The maximum Gasteiger partial charge on any atom is 0.178 e. The van der Waals surface area contributed by atoms with Crippen LogP contribution in [0, 0.1) is 0 Å². The van der Waals surface area contributed by atoms with Gasteiger partial charge in [0.15, 0.2) is 11.5 Å². The van der Waals surface area contributed by atoms with Gasteiger partial charge in [-0.3, -0.25) is 0 Å². The molecule has 0 fully saturated rings. The molecule has 13 heavy (non-hydrogen) atoms. The Bertz CT molecular complexity index is 444. The van der Waals surface area contributed by atoms with E-state index in [-0.39, 0.29) is 0 Å². The molecule has 2 heterocycles. The molecule has 0 saturated carbocycles. The van der Waals surface area contributed by atoms with Crippen LogP contribution >= 0.6 is 15.9 Å². The lowest BCUT2D eigenvalue weighted by Crippen LogP contribution is -2.08. The van der Waals surface area contributed by atoms with E-state index in [1.54, 1.807) is 6.20 Å². The Morgan fingerprint density at radius 3 is 2.85 bits per heavy atom. The highest BCUT2D eigenvalue weighted by atomic mass is 79.9. The van der Waals surface area contributed by atoms with Crippen LogP contribution in [0.2, 0.25) is 0 Å². The first-order valence-electron chi connectivity index (χ1n) is 3.54. The summed E-state index contributed by atoms with van der Waals surface area (Å²) in [6.07, 6.45) is 3.20. The Morgan fingerprint density at radius 2 is 2.08 bits per heavy atom. The number of fused-ring (bicyclic) bond motifs is 1.